The molecule has 55 heavy (non-hydrogen) atoms. The van der Waals surface area contributed by atoms with Crippen molar-refractivity contribution in [2.24, 2.45) is 0 Å². The van der Waals surface area contributed by atoms with Gasteiger partial charge in [-0.25, -0.2) is 13.0 Å². The summed E-state index contributed by atoms with van der Waals surface area (Å²) in [5.74, 6) is 0. The molecule has 12 heteroatoms. The molecule has 0 fully saturated rings. The van der Waals surface area contributed by atoms with E-state index in [1.165, 1.54) is 24.3 Å². The van der Waals surface area contributed by atoms with Gasteiger partial charge in [0.15, 0.2) is 5.71 Å². The van der Waals surface area contributed by atoms with Gasteiger partial charge in [0, 0.05) is 49.7 Å². The van der Waals surface area contributed by atoms with Crippen molar-refractivity contribution in [3.63, 3.8) is 0 Å². The number of aryl methyl sites for hydroxylation is 2. The molecule has 1 aliphatic carbocycles. The number of hydrogen-bond acceptors (Lipinski definition) is 7. The summed E-state index contributed by atoms with van der Waals surface area (Å²) in [5, 5.41) is 0. The molecule has 0 saturated carbocycles. The summed E-state index contributed by atoms with van der Waals surface area (Å²) in [6, 6.07) is 25.4. The summed E-state index contributed by atoms with van der Waals surface area (Å²) >= 11 is 0. The first-order valence-electron chi connectivity index (χ1n) is 18.2. The van der Waals surface area contributed by atoms with E-state index >= 15 is 0 Å². The minimum Gasteiger partial charge on any atom is -0.744 e. The predicted octanol–water partition coefficient (Wildman–Crippen LogP) is 4.93. The fourth-order valence-electron chi connectivity index (χ4n) is 6.95. The summed E-state index contributed by atoms with van der Waals surface area (Å²) in [6.45, 7) is 16.7. The van der Waals surface area contributed by atoms with Crippen molar-refractivity contribution in [1.29, 1.82) is 0 Å². The smallest absolute Gasteiger partial charge is 0.744 e. The SMILES string of the molecule is CCN(Cc1cccc(S(=O)(=O)[O-])c1)c1ccc(C(=C2C=CC(=[N+](CC)CC)C=C2)c2ccc(N(CC)Cc3cccc(S(=O)(=O)O)c3)cc2C)c(C)c1.[Na+]. The van der Waals surface area contributed by atoms with Gasteiger partial charge in [-0.3, -0.25) is 4.55 Å². The Kier molecular flexibility index (Phi) is 15.1. The van der Waals surface area contributed by atoms with E-state index in [4.69, 9.17) is 0 Å². The Bertz CT molecular complexity index is 2220. The first-order valence-corrected chi connectivity index (χ1v) is 21.1. The van der Waals surface area contributed by atoms with Gasteiger partial charge in [0.25, 0.3) is 10.1 Å². The molecule has 5 rings (SSSR count). The molecule has 0 unspecified atom stereocenters. The van der Waals surface area contributed by atoms with Gasteiger partial charge in [0.2, 0.25) is 0 Å². The largest absolute Gasteiger partial charge is 1.00 e. The van der Waals surface area contributed by atoms with Crippen LogP contribution in [0, 0.1) is 13.8 Å². The van der Waals surface area contributed by atoms with Crippen molar-refractivity contribution in [2.45, 2.75) is 64.4 Å². The van der Waals surface area contributed by atoms with E-state index in [0.29, 0.717) is 26.2 Å². The molecular weight excluding hydrogens is 742 g/mol. The summed E-state index contributed by atoms with van der Waals surface area (Å²) in [6.07, 6.45) is 8.70. The fourth-order valence-corrected chi connectivity index (χ4v) is 8.04. The van der Waals surface area contributed by atoms with E-state index in [1.54, 1.807) is 12.1 Å². The van der Waals surface area contributed by atoms with Gasteiger partial charge in [0.05, 0.1) is 9.79 Å². The Balaban J connectivity index is 0.00000673. The summed E-state index contributed by atoms with van der Waals surface area (Å²) in [5.41, 5.74) is 11.1. The first kappa shape index (κ1) is 43.9. The maximum atomic E-state index is 11.8. The van der Waals surface area contributed by atoms with Crippen LogP contribution in [0.2, 0.25) is 0 Å². The molecule has 284 valence electrons. The standard InChI is InChI=1S/C43H49N3O6S2.Na/c1-7-44(8-2)36-19-17-35(18-20-36)43(41-23-21-37(25-31(41)5)45(9-3)29-33-13-11-15-39(27-33)53(47,48)49)42-24-22-38(26-32(42)6)46(10-4)30-34-14-12-16-40(28-34)54(50,51)52;/h11-28H,7-10,29-30H2,1-6H3,(H-,47,48,49,50,51,52);/q;+1. The van der Waals surface area contributed by atoms with Crippen molar-refractivity contribution >= 4 is 42.9 Å². The molecule has 0 heterocycles. The minimum atomic E-state index is -4.56. The molecule has 0 atom stereocenters. The van der Waals surface area contributed by atoms with E-state index in [-0.39, 0.29) is 39.3 Å². The van der Waals surface area contributed by atoms with Gasteiger partial charge in [-0.15, -0.1) is 0 Å². The molecule has 0 amide bonds. The second kappa shape index (κ2) is 18.9. The molecular formula is C43H49N3NaO6S2+. The quantitative estimate of drug-likeness (QED) is 0.109. The summed E-state index contributed by atoms with van der Waals surface area (Å²) < 4.78 is 70.5. The Hall–Kier alpha value is -3.81. The van der Waals surface area contributed by atoms with Crippen LogP contribution in [0.4, 0.5) is 11.4 Å². The van der Waals surface area contributed by atoms with Crippen molar-refractivity contribution in [3.8, 4) is 0 Å². The second-order valence-corrected chi connectivity index (χ2v) is 16.1. The van der Waals surface area contributed by atoms with Crippen molar-refractivity contribution in [2.75, 3.05) is 36.0 Å². The van der Waals surface area contributed by atoms with Crippen LogP contribution in [0.1, 0.15) is 61.1 Å². The van der Waals surface area contributed by atoms with Gasteiger partial charge in [-0.05, 0) is 147 Å². The zero-order valence-electron chi connectivity index (χ0n) is 32.8. The number of hydrogen-bond donors (Lipinski definition) is 1. The third-order valence-electron chi connectivity index (χ3n) is 9.87. The fraction of sp³-hybridized carbons (Fsp3) is 0.279. The molecule has 1 N–H and O–H groups in total. The number of benzene rings is 4. The average Bonchev–Trinajstić information content (AvgIpc) is 3.14. The molecule has 4 aromatic rings. The zero-order valence-corrected chi connectivity index (χ0v) is 36.4. The molecule has 0 saturated heterocycles. The maximum Gasteiger partial charge on any atom is 1.00 e. The molecule has 0 radical (unpaired) electrons. The molecule has 4 aromatic carbocycles. The molecule has 0 bridgehead atoms. The Labute approximate surface area is 349 Å². The van der Waals surface area contributed by atoms with Crippen LogP contribution in [0.15, 0.2) is 125 Å². The van der Waals surface area contributed by atoms with E-state index in [2.05, 4.69) is 110 Å². The zero-order chi connectivity index (χ0) is 39.2. The van der Waals surface area contributed by atoms with Crippen molar-refractivity contribution in [3.05, 3.63) is 148 Å². The molecule has 9 nitrogen and oxygen atoms in total. The van der Waals surface area contributed by atoms with Gasteiger partial charge < -0.3 is 14.4 Å². The van der Waals surface area contributed by atoms with E-state index in [1.807, 2.05) is 19.1 Å². The van der Waals surface area contributed by atoms with E-state index in [0.717, 1.165) is 74.7 Å². The van der Waals surface area contributed by atoms with Crippen LogP contribution in [-0.4, -0.2) is 62.4 Å². The first-order chi connectivity index (χ1) is 25.7. The Morgan fingerprint density at radius 2 is 1.11 bits per heavy atom. The van der Waals surface area contributed by atoms with Crippen molar-refractivity contribution < 1.29 is 60.1 Å². The minimum absolute atomic E-state index is 0. The number of anilines is 2. The van der Waals surface area contributed by atoms with Gasteiger partial charge >= 0.3 is 29.6 Å². The molecule has 0 aromatic heterocycles. The number of allylic oxidation sites excluding steroid dienone is 5. The Morgan fingerprint density at radius 3 is 1.51 bits per heavy atom. The van der Waals surface area contributed by atoms with Gasteiger partial charge in [-0.2, -0.15) is 8.42 Å². The molecule has 0 aliphatic heterocycles. The normalized spacial score (nSPS) is 12.7. The van der Waals surface area contributed by atoms with Crippen LogP contribution in [0.5, 0.6) is 0 Å². The Morgan fingerprint density at radius 1 is 0.655 bits per heavy atom. The summed E-state index contributed by atoms with van der Waals surface area (Å²) in [4.78, 5) is 3.96. The third-order valence-corrected chi connectivity index (χ3v) is 11.5. The van der Waals surface area contributed by atoms with E-state index < -0.39 is 20.2 Å². The van der Waals surface area contributed by atoms with Crippen LogP contribution in [0.25, 0.3) is 5.57 Å². The van der Waals surface area contributed by atoms with Crippen LogP contribution >= 0.6 is 0 Å². The van der Waals surface area contributed by atoms with Crippen molar-refractivity contribution in [1.82, 2.24) is 0 Å². The van der Waals surface area contributed by atoms with E-state index in [9.17, 15) is 25.9 Å². The summed E-state index contributed by atoms with van der Waals surface area (Å²) in [7, 11) is -8.87. The topological polar surface area (TPSA) is 121 Å². The second-order valence-electron chi connectivity index (χ2n) is 13.3. The number of nitrogens with zero attached hydrogens (tertiary/aromatic N) is 3. The predicted molar refractivity (Wildman–Crippen MR) is 217 cm³/mol. The molecule has 0 spiro atoms. The van der Waals surface area contributed by atoms with Crippen LogP contribution < -0.4 is 39.4 Å². The molecule has 1 aliphatic rings. The van der Waals surface area contributed by atoms with Gasteiger partial charge in [-0.1, -0.05) is 36.4 Å². The van der Waals surface area contributed by atoms with Crippen LogP contribution in [-0.2, 0) is 33.3 Å². The third kappa shape index (κ3) is 10.7. The maximum absolute atomic E-state index is 11.8. The number of rotatable bonds is 14. The van der Waals surface area contributed by atoms with Crippen LogP contribution in [0.3, 0.4) is 0 Å². The average molecular weight is 791 g/mol. The monoisotopic (exact) mass is 790 g/mol. The van der Waals surface area contributed by atoms with Gasteiger partial charge in [0.1, 0.15) is 23.2 Å².